The van der Waals surface area contributed by atoms with Crippen LogP contribution in [-0.2, 0) is 0 Å². The molecule has 0 saturated heterocycles. The molecule has 1 aromatic rings. The molecule has 1 heterocycles. The normalized spacial score (nSPS) is 23.0. The lowest BCUT2D eigenvalue weighted by Gasteiger charge is -2.37. The first-order chi connectivity index (χ1) is 8.92. The van der Waals surface area contributed by atoms with Crippen LogP contribution in [0, 0.1) is 12.8 Å². The molecule has 0 spiro atoms. The summed E-state index contributed by atoms with van der Waals surface area (Å²) in [6, 6.07) is 8.53. The highest BCUT2D eigenvalue weighted by Crippen LogP contribution is 2.33. The van der Waals surface area contributed by atoms with Gasteiger partial charge in [-0.1, -0.05) is 31.5 Å². The van der Waals surface area contributed by atoms with E-state index in [2.05, 4.69) is 61.9 Å². The van der Waals surface area contributed by atoms with Crippen LogP contribution < -0.4 is 10.6 Å². The number of nitrogens with two attached hydrogens (primary N) is 1. The molecule has 0 amide bonds. The minimum atomic E-state index is 0.0175. The van der Waals surface area contributed by atoms with Crippen molar-refractivity contribution in [2.75, 3.05) is 11.4 Å². The summed E-state index contributed by atoms with van der Waals surface area (Å²) in [7, 11) is 0. The molecule has 3 nitrogen and oxygen atoms in total. The third-order valence-corrected chi connectivity index (χ3v) is 3.90. The van der Waals surface area contributed by atoms with Gasteiger partial charge in [-0.2, -0.15) is 0 Å². The molecule has 1 aliphatic heterocycles. The van der Waals surface area contributed by atoms with Crippen LogP contribution in [0.4, 0.5) is 5.69 Å². The summed E-state index contributed by atoms with van der Waals surface area (Å²) in [5.74, 6) is 1.36. The third-order valence-electron chi connectivity index (χ3n) is 3.90. The van der Waals surface area contributed by atoms with Gasteiger partial charge in [0.2, 0.25) is 0 Å². The summed E-state index contributed by atoms with van der Waals surface area (Å²) < 4.78 is 0. The van der Waals surface area contributed by atoms with E-state index in [9.17, 15) is 0 Å². The van der Waals surface area contributed by atoms with Gasteiger partial charge >= 0.3 is 0 Å². The first kappa shape index (κ1) is 13.9. The number of benzene rings is 1. The summed E-state index contributed by atoms with van der Waals surface area (Å²) in [6.45, 7) is 9.68. The van der Waals surface area contributed by atoms with Crippen LogP contribution in [0.3, 0.4) is 0 Å². The molecule has 0 radical (unpaired) electrons. The molecule has 3 heteroatoms. The molecule has 2 rings (SSSR count). The lowest BCUT2D eigenvalue weighted by molar-refractivity contribution is 0.407. The zero-order valence-electron chi connectivity index (χ0n) is 12.5. The highest BCUT2D eigenvalue weighted by molar-refractivity contribution is 5.98. The molecule has 1 atom stereocenters. The second-order valence-corrected chi connectivity index (χ2v) is 6.27. The maximum Gasteiger partial charge on any atom is 0.196 e. The average Bonchev–Trinajstić information content (AvgIpc) is 2.65. The number of aryl methyl sites for hydroxylation is 1. The minimum Gasteiger partial charge on any atom is -0.369 e. The summed E-state index contributed by atoms with van der Waals surface area (Å²) in [6.07, 6.45) is 2.31. The summed E-state index contributed by atoms with van der Waals surface area (Å²) in [5.41, 5.74) is 8.54. The van der Waals surface area contributed by atoms with E-state index in [4.69, 9.17) is 5.73 Å². The van der Waals surface area contributed by atoms with E-state index < -0.39 is 0 Å². The van der Waals surface area contributed by atoms with E-state index in [-0.39, 0.29) is 5.54 Å². The fraction of sp³-hybridized carbons (Fsp3) is 0.562. The Morgan fingerprint density at radius 3 is 2.53 bits per heavy atom. The Balaban J connectivity index is 2.23. The predicted molar refractivity (Wildman–Crippen MR) is 82.6 cm³/mol. The van der Waals surface area contributed by atoms with Crippen LogP contribution in [0.25, 0.3) is 0 Å². The lowest BCUT2D eigenvalue weighted by atomic mass is 9.90. The zero-order valence-corrected chi connectivity index (χ0v) is 12.5. The summed E-state index contributed by atoms with van der Waals surface area (Å²) >= 11 is 0. The van der Waals surface area contributed by atoms with E-state index >= 15 is 0 Å². The second-order valence-electron chi connectivity index (χ2n) is 6.27. The standard InChI is InChI=1S/C16H25N3/c1-12(2)9-10-16(4)11-18-15(17)19(16)14-7-5-13(3)6-8-14/h5-8,12H,9-11H2,1-4H3,(H2,17,18). The van der Waals surface area contributed by atoms with E-state index in [0.717, 1.165) is 18.7 Å². The van der Waals surface area contributed by atoms with Crippen molar-refractivity contribution in [1.29, 1.82) is 0 Å². The topological polar surface area (TPSA) is 41.6 Å². The number of aliphatic imine (C=N–C) groups is 1. The van der Waals surface area contributed by atoms with Crippen LogP contribution in [0.1, 0.15) is 39.2 Å². The van der Waals surface area contributed by atoms with Gasteiger partial charge in [0.15, 0.2) is 5.96 Å². The number of hydrogen-bond donors (Lipinski definition) is 1. The van der Waals surface area contributed by atoms with Gasteiger partial charge in [-0.05, 0) is 44.7 Å². The Morgan fingerprint density at radius 1 is 1.32 bits per heavy atom. The highest BCUT2D eigenvalue weighted by Gasteiger charge is 2.38. The van der Waals surface area contributed by atoms with Crippen LogP contribution in [0.15, 0.2) is 29.3 Å². The molecule has 1 aromatic carbocycles. The van der Waals surface area contributed by atoms with E-state index in [1.165, 1.54) is 12.0 Å². The minimum absolute atomic E-state index is 0.0175. The van der Waals surface area contributed by atoms with Crippen molar-refractivity contribution < 1.29 is 0 Å². The average molecular weight is 259 g/mol. The first-order valence-corrected chi connectivity index (χ1v) is 7.09. The fourth-order valence-corrected chi connectivity index (χ4v) is 2.60. The number of anilines is 1. The van der Waals surface area contributed by atoms with Crippen molar-refractivity contribution in [2.24, 2.45) is 16.6 Å². The molecule has 0 fully saturated rings. The second kappa shape index (κ2) is 5.24. The third kappa shape index (κ3) is 2.91. The van der Waals surface area contributed by atoms with Gasteiger partial charge in [-0.15, -0.1) is 0 Å². The maximum absolute atomic E-state index is 6.11. The molecule has 1 aliphatic rings. The van der Waals surface area contributed by atoms with Crippen molar-refractivity contribution in [3.05, 3.63) is 29.8 Å². The molecule has 0 bridgehead atoms. The van der Waals surface area contributed by atoms with E-state index in [1.807, 2.05) is 0 Å². The number of hydrogen-bond acceptors (Lipinski definition) is 3. The molecule has 104 valence electrons. The molecule has 0 aromatic heterocycles. The summed E-state index contributed by atoms with van der Waals surface area (Å²) in [5, 5.41) is 0. The van der Waals surface area contributed by atoms with Crippen molar-refractivity contribution in [2.45, 2.75) is 46.1 Å². The Morgan fingerprint density at radius 2 is 1.95 bits per heavy atom. The predicted octanol–water partition coefficient (Wildman–Crippen LogP) is 3.32. The van der Waals surface area contributed by atoms with Gasteiger partial charge in [0.25, 0.3) is 0 Å². The Bertz CT molecular complexity index is 461. The van der Waals surface area contributed by atoms with Crippen LogP contribution in [0.2, 0.25) is 0 Å². The Kier molecular flexibility index (Phi) is 3.83. The van der Waals surface area contributed by atoms with E-state index in [0.29, 0.717) is 11.9 Å². The number of nitrogens with zero attached hydrogens (tertiary/aromatic N) is 2. The summed E-state index contributed by atoms with van der Waals surface area (Å²) in [4.78, 5) is 6.67. The van der Waals surface area contributed by atoms with Crippen LogP contribution >= 0.6 is 0 Å². The van der Waals surface area contributed by atoms with E-state index in [1.54, 1.807) is 0 Å². The van der Waals surface area contributed by atoms with Crippen molar-refractivity contribution in [1.82, 2.24) is 0 Å². The van der Waals surface area contributed by atoms with Gasteiger partial charge in [0, 0.05) is 5.69 Å². The number of guanidine groups is 1. The van der Waals surface area contributed by atoms with Crippen LogP contribution in [-0.4, -0.2) is 18.0 Å². The lowest BCUT2D eigenvalue weighted by Crippen LogP contribution is -2.50. The van der Waals surface area contributed by atoms with Gasteiger partial charge in [-0.3, -0.25) is 4.99 Å². The molecule has 19 heavy (non-hydrogen) atoms. The van der Waals surface area contributed by atoms with Crippen molar-refractivity contribution in [3.63, 3.8) is 0 Å². The molecule has 0 aliphatic carbocycles. The molecule has 0 saturated carbocycles. The Hall–Kier alpha value is -1.51. The Labute approximate surface area is 116 Å². The first-order valence-electron chi connectivity index (χ1n) is 7.09. The monoisotopic (exact) mass is 259 g/mol. The highest BCUT2D eigenvalue weighted by atomic mass is 15.4. The van der Waals surface area contributed by atoms with Gasteiger partial charge in [-0.25, -0.2) is 0 Å². The van der Waals surface area contributed by atoms with Gasteiger partial charge in [0.1, 0.15) is 0 Å². The van der Waals surface area contributed by atoms with Gasteiger partial charge in [0.05, 0.1) is 12.1 Å². The molecular weight excluding hydrogens is 234 g/mol. The smallest absolute Gasteiger partial charge is 0.196 e. The zero-order chi connectivity index (χ0) is 14.0. The molecule has 2 N–H and O–H groups in total. The fourth-order valence-electron chi connectivity index (χ4n) is 2.60. The quantitative estimate of drug-likeness (QED) is 0.901. The maximum atomic E-state index is 6.11. The number of rotatable bonds is 4. The van der Waals surface area contributed by atoms with Gasteiger partial charge < -0.3 is 10.6 Å². The molecular formula is C16H25N3. The SMILES string of the molecule is Cc1ccc(N2C(N)=NCC2(C)CCC(C)C)cc1. The largest absolute Gasteiger partial charge is 0.369 e. The van der Waals surface area contributed by atoms with Crippen molar-refractivity contribution in [3.8, 4) is 0 Å². The van der Waals surface area contributed by atoms with Crippen LogP contribution in [0.5, 0.6) is 0 Å². The molecule has 1 unspecified atom stereocenters. The van der Waals surface area contributed by atoms with Crippen molar-refractivity contribution >= 4 is 11.6 Å².